The first-order chi connectivity index (χ1) is 12.3. The first kappa shape index (κ1) is 16.1. The van der Waals surface area contributed by atoms with E-state index in [0.29, 0.717) is 5.82 Å². The van der Waals surface area contributed by atoms with E-state index >= 15 is 0 Å². The monoisotopic (exact) mass is 355 g/mol. The molecule has 0 saturated carbocycles. The number of rotatable bonds is 4. The number of thiazole rings is 1. The molecule has 0 bridgehead atoms. The predicted molar refractivity (Wildman–Crippen MR) is 97.0 cm³/mol. The summed E-state index contributed by atoms with van der Waals surface area (Å²) in [5, 5.41) is 3.22. The lowest BCUT2D eigenvalue weighted by Crippen LogP contribution is -2.46. The summed E-state index contributed by atoms with van der Waals surface area (Å²) in [6.45, 7) is 4.07. The zero-order valence-corrected chi connectivity index (χ0v) is 14.5. The van der Waals surface area contributed by atoms with Crippen molar-refractivity contribution in [1.82, 2.24) is 19.9 Å². The highest BCUT2D eigenvalue weighted by Gasteiger charge is 2.21. The van der Waals surface area contributed by atoms with Crippen molar-refractivity contribution >= 4 is 17.2 Å². The minimum absolute atomic E-state index is 0.358. The number of aromatic nitrogens is 3. The quantitative estimate of drug-likeness (QED) is 0.720. The van der Waals surface area contributed by atoms with E-state index in [1.807, 2.05) is 23.1 Å². The Hall–Kier alpha value is -2.38. The Balaban J connectivity index is 1.36. The molecule has 0 N–H and O–H groups in total. The molecule has 0 unspecified atom stereocenters. The van der Waals surface area contributed by atoms with Gasteiger partial charge in [0, 0.05) is 37.1 Å². The van der Waals surface area contributed by atoms with Crippen molar-refractivity contribution < 1.29 is 4.39 Å². The third-order valence-corrected chi connectivity index (χ3v) is 5.13. The van der Waals surface area contributed by atoms with E-state index in [-0.39, 0.29) is 5.82 Å². The molecule has 128 valence electrons. The van der Waals surface area contributed by atoms with Crippen LogP contribution in [0.1, 0.15) is 5.01 Å². The van der Waals surface area contributed by atoms with Crippen LogP contribution in [-0.4, -0.2) is 46.0 Å². The SMILES string of the molecule is Fc1cncnc1N1CCN(Cc2nc(-c3ccccc3)cs2)CC1. The Labute approximate surface area is 149 Å². The number of benzene rings is 1. The molecule has 1 saturated heterocycles. The smallest absolute Gasteiger partial charge is 0.183 e. The average Bonchev–Trinajstić information content (AvgIpc) is 3.12. The minimum Gasteiger partial charge on any atom is -0.352 e. The van der Waals surface area contributed by atoms with Crippen LogP contribution in [0.25, 0.3) is 11.3 Å². The summed E-state index contributed by atoms with van der Waals surface area (Å²) >= 11 is 1.69. The molecule has 0 radical (unpaired) electrons. The van der Waals surface area contributed by atoms with Gasteiger partial charge in [0.15, 0.2) is 11.6 Å². The highest BCUT2D eigenvalue weighted by molar-refractivity contribution is 7.09. The molecule has 1 fully saturated rings. The predicted octanol–water partition coefficient (Wildman–Crippen LogP) is 3.06. The van der Waals surface area contributed by atoms with E-state index < -0.39 is 0 Å². The van der Waals surface area contributed by atoms with Crippen molar-refractivity contribution in [2.75, 3.05) is 31.1 Å². The van der Waals surface area contributed by atoms with Crippen LogP contribution < -0.4 is 4.90 Å². The zero-order chi connectivity index (χ0) is 17.1. The van der Waals surface area contributed by atoms with Gasteiger partial charge in [-0.15, -0.1) is 11.3 Å². The Kier molecular flexibility index (Phi) is 4.67. The number of nitrogens with zero attached hydrogens (tertiary/aromatic N) is 5. The third-order valence-electron chi connectivity index (χ3n) is 4.30. The lowest BCUT2D eigenvalue weighted by atomic mass is 10.2. The second kappa shape index (κ2) is 7.25. The summed E-state index contributed by atoms with van der Waals surface area (Å²) in [5.41, 5.74) is 2.18. The lowest BCUT2D eigenvalue weighted by Gasteiger charge is -2.34. The molecule has 0 spiro atoms. The molecular weight excluding hydrogens is 337 g/mol. The molecule has 0 atom stereocenters. The second-order valence-corrected chi connectivity index (χ2v) is 6.89. The van der Waals surface area contributed by atoms with Crippen molar-refractivity contribution in [3.8, 4) is 11.3 Å². The summed E-state index contributed by atoms with van der Waals surface area (Å²) in [4.78, 5) is 16.8. The summed E-state index contributed by atoms with van der Waals surface area (Å²) < 4.78 is 13.8. The molecule has 1 aromatic carbocycles. The fourth-order valence-corrected chi connectivity index (χ4v) is 3.82. The topological polar surface area (TPSA) is 45.2 Å². The number of hydrogen-bond donors (Lipinski definition) is 0. The molecule has 4 rings (SSSR count). The minimum atomic E-state index is -0.358. The van der Waals surface area contributed by atoms with Gasteiger partial charge in [0.05, 0.1) is 18.4 Å². The maximum absolute atomic E-state index is 13.8. The van der Waals surface area contributed by atoms with Gasteiger partial charge in [0.2, 0.25) is 0 Å². The van der Waals surface area contributed by atoms with Crippen LogP contribution >= 0.6 is 11.3 Å². The standard InChI is InChI=1S/C18H18FN5S/c19-15-10-20-13-21-18(15)24-8-6-23(7-9-24)11-17-22-16(12-25-17)14-4-2-1-3-5-14/h1-5,10,12-13H,6-9,11H2. The van der Waals surface area contributed by atoms with Crippen molar-refractivity contribution in [3.05, 3.63) is 59.1 Å². The zero-order valence-electron chi connectivity index (χ0n) is 13.7. The van der Waals surface area contributed by atoms with Gasteiger partial charge >= 0.3 is 0 Å². The second-order valence-electron chi connectivity index (χ2n) is 5.95. The molecule has 0 amide bonds. The molecule has 3 heterocycles. The van der Waals surface area contributed by atoms with Gasteiger partial charge in [-0.05, 0) is 0 Å². The molecule has 1 aliphatic heterocycles. The number of anilines is 1. The van der Waals surface area contributed by atoms with Gasteiger partial charge in [0.1, 0.15) is 11.3 Å². The molecular formula is C18H18FN5S. The first-order valence-corrected chi connectivity index (χ1v) is 9.10. The van der Waals surface area contributed by atoms with E-state index in [1.54, 1.807) is 11.3 Å². The lowest BCUT2D eigenvalue weighted by molar-refractivity contribution is 0.248. The number of halogens is 1. The van der Waals surface area contributed by atoms with Crippen LogP contribution in [0.2, 0.25) is 0 Å². The Morgan fingerprint density at radius 2 is 1.88 bits per heavy atom. The van der Waals surface area contributed by atoms with Gasteiger partial charge in [-0.2, -0.15) is 0 Å². The molecule has 5 nitrogen and oxygen atoms in total. The van der Waals surface area contributed by atoms with Crippen LogP contribution in [0, 0.1) is 5.82 Å². The Morgan fingerprint density at radius 3 is 2.64 bits per heavy atom. The van der Waals surface area contributed by atoms with Gasteiger partial charge in [-0.3, -0.25) is 4.90 Å². The fourth-order valence-electron chi connectivity index (χ4n) is 2.97. The van der Waals surface area contributed by atoms with E-state index in [2.05, 4.69) is 32.4 Å². The highest BCUT2D eigenvalue weighted by Crippen LogP contribution is 2.23. The van der Waals surface area contributed by atoms with Gasteiger partial charge < -0.3 is 4.90 Å². The Morgan fingerprint density at radius 1 is 1.08 bits per heavy atom. The van der Waals surface area contributed by atoms with Crippen LogP contribution in [0.4, 0.5) is 10.2 Å². The van der Waals surface area contributed by atoms with Crippen molar-refractivity contribution in [1.29, 1.82) is 0 Å². The summed E-state index contributed by atoms with van der Waals surface area (Å²) in [6.07, 6.45) is 2.61. The van der Waals surface area contributed by atoms with E-state index in [4.69, 9.17) is 4.98 Å². The maximum atomic E-state index is 13.8. The van der Waals surface area contributed by atoms with E-state index in [0.717, 1.165) is 49.0 Å². The Bertz CT molecular complexity index is 830. The van der Waals surface area contributed by atoms with Crippen LogP contribution in [-0.2, 0) is 6.54 Å². The van der Waals surface area contributed by atoms with Crippen LogP contribution in [0.5, 0.6) is 0 Å². The fraction of sp³-hybridized carbons (Fsp3) is 0.278. The molecule has 2 aromatic heterocycles. The molecule has 25 heavy (non-hydrogen) atoms. The number of piperazine rings is 1. The normalized spacial score (nSPS) is 15.5. The number of hydrogen-bond acceptors (Lipinski definition) is 6. The van der Waals surface area contributed by atoms with Crippen molar-refractivity contribution in [3.63, 3.8) is 0 Å². The van der Waals surface area contributed by atoms with E-state index in [1.165, 1.54) is 12.5 Å². The van der Waals surface area contributed by atoms with Crippen LogP contribution in [0.15, 0.2) is 48.2 Å². The highest BCUT2D eigenvalue weighted by atomic mass is 32.1. The first-order valence-electron chi connectivity index (χ1n) is 8.22. The van der Waals surface area contributed by atoms with Crippen LogP contribution in [0.3, 0.4) is 0 Å². The van der Waals surface area contributed by atoms with Gasteiger partial charge in [-0.25, -0.2) is 19.3 Å². The molecule has 0 aliphatic carbocycles. The molecule has 3 aromatic rings. The third kappa shape index (κ3) is 3.67. The molecule has 7 heteroatoms. The van der Waals surface area contributed by atoms with Crippen molar-refractivity contribution in [2.24, 2.45) is 0 Å². The maximum Gasteiger partial charge on any atom is 0.183 e. The van der Waals surface area contributed by atoms with Crippen molar-refractivity contribution in [2.45, 2.75) is 6.54 Å². The summed E-state index contributed by atoms with van der Waals surface area (Å²) in [6, 6.07) is 10.2. The summed E-state index contributed by atoms with van der Waals surface area (Å²) in [5.74, 6) is 0.0404. The molecule has 1 aliphatic rings. The van der Waals surface area contributed by atoms with Gasteiger partial charge in [-0.1, -0.05) is 30.3 Å². The summed E-state index contributed by atoms with van der Waals surface area (Å²) in [7, 11) is 0. The average molecular weight is 355 g/mol. The van der Waals surface area contributed by atoms with Gasteiger partial charge in [0.25, 0.3) is 0 Å². The van der Waals surface area contributed by atoms with E-state index in [9.17, 15) is 4.39 Å². The largest absolute Gasteiger partial charge is 0.352 e.